The number of hydrogen-bond donors (Lipinski definition) is 1. The molecule has 108 valence electrons. The Kier molecular flexibility index (Phi) is 3.65. The molecule has 2 aromatic carbocycles. The quantitative estimate of drug-likeness (QED) is 0.859. The Morgan fingerprint density at radius 1 is 1.19 bits per heavy atom. The Labute approximate surface area is 125 Å². The van der Waals surface area contributed by atoms with Crippen molar-refractivity contribution in [2.45, 2.75) is 26.3 Å². The third-order valence-corrected chi connectivity index (χ3v) is 4.21. The monoisotopic (exact) mass is 280 g/mol. The lowest BCUT2D eigenvalue weighted by Crippen LogP contribution is -2.36. The maximum atomic E-state index is 12.6. The summed E-state index contributed by atoms with van der Waals surface area (Å²) in [5.74, 6) is 0.0894. The van der Waals surface area contributed by atoms with E-state index in [1.165, 1.54) is 11.1 Å². The van der Waals surface area contributed by atoms with Crippen molar-refractivity contribution >= 4 is 11.6 Å². The van der Waals surface area contributed by atoms with Crippen LogP contribution in [-0.2, 0) is 19.4 Å². The molecule has 0 aromatic heterocycles. The highest BCUT2D eigenvalue weighted by atomic mass is 16.2. The highest BCUT2D eigenvalue weighted by Crippen LogP contribution is 2.25. The van der Waals surface area contributed by atoms with Crippen LogP contribution in [0.4, 0.5) is 5.69 Å². The van der Waals surface area contributed by atoms with Crippen LogP contribution in [0.2, 0.25) is 0 Å². The number of hydrogen-bond acceptors (Lipinski definition) is 2. The molecule has 0 atom stereocenters. The van der Waals surface area contributed by atoms with E-state index in [1.54, 1.807) is 0 Å². The molecule has 3 rings (SSSR count). The normalized spacial score (nSPS) is 13.9. The van der Waals surface area contributed by atoms with Crippen LogP contribution in [0.3, 0.4) is 0 Å². The van der Waals surface area contributed by atoms with Gasteiger partial charge in [0.2, 0.25) is 0 Å². The zero-order chi connectivity index (χ0) is 14.8. The van der Waals surface area contributed by atoms with Crippen molar-refractivity contribution in [2.24, 2.45) is 0 Å². The molecule has 1 amide bonds. The summed E-state index contributed by atoms with van der Waals surface area (Å²) in [7, 11) is 0. The van der Waals surface area contributed by atoms with Crippen molar-refractivity contribution in [1.29, 1.82) is 0 Å². The minimum Gasteiger partial charge on any atom is -0.398 e. The topological polar surface area (TPSA) is 46.3 Å². The minimum absolute atomic E-state index is 0.0894. The number of nitrogens with two attached hydrogens (primary N) is 1. The zero-order valence-electron chi connectivity index (χ0n) is 12.3. The van der Waals surface area contributed by atoms with Gasteiger partial charge in [0, 0.05) is 24.3 Å². The molecular formula is C18H20N2O. The summed E-state index contributed by atoms with van der Waals surface area (Å²) in [6, 6.07) is 13.9. The second-order valence-corrected chi connectivity index (χ2v) is 5.51. The van der Waals surface area contributed by atoms with E-state index in [-0.39, 0.29) is 5.91 Å². The van der Waals surface area contributed by atoms with E-state index in [1.807, 2.05) is 41.3 Å². The average Bonchev–Trinajstić information content (AvgIpc) is 2.54. The number of nitrogens with zero attached hydrogens (tertiary/aromatic N) is 1. The fraction of sp³-hybridized carbons (Fsp3) is 0.278. The molecule has 0 radical (unpaired) electrons. The van der Waals surface area contributed by atoms with Gasteiger partial charge in [-0.2, -0.15) is 0 Å². The molecule has 0 saturated carbocycles. The Bertz CT molecular complexity index is 661. The van der Waals surface area contributed by atoms with Gasteiger partial charge in [0.25, 0.3) is 5.91 Å². The molecular weight excluding hydrogens is 260 g/mol. The van der Waals surface area contributed by atoms with Gasteiger partial charge in [0.05, 0.1) is 0 Å². The van der Waals surface area contributed by atoms with Crippen molar-refractivity contribution in [1.82, 2.24) is 4.90 Å². The summed E-state index contributed by atoms with van der Waals surface area (Å²) >= 11 is 0. The van der Waals surface area contributed by atoms with E-state index in [2.05, 4.69) is 13.0 Å². The molecule has 3 nitrogen and oxygen atoms in total. The highest BCUT2D eigenvalue weighted by molar-refractivity contribution is 5.94. The molecule has 21 heavy (non-hydrogen) atoms. The van der Waals surface area contributed by atoms with Crippen LogP contribution in [0.15, 0.2) is 42.5 Å². The van der Waals surface area contributed by atoms with Crippen molar-refractivity contribution in [3.05, 3.63) is 64.7 Å². The van der Waals surface area contributed by atoms with Gasteiger partial charge < -0.3 is 10.6 Å². The largest absolute Gasteiger partial charge is 0.398 e. The smallest absolute Gasteiger partial charge is 0.254 e. The van der Waals surface area contributed by atoms with Crippen LogP contribution < -0.4 is 5.73 Å². The molecule has 0 bridgehead atoms. The number of fused-ring (bicyclic) bond motifs is 1. The van der Waals surface area contributed by atoms with Gasteiger partial charge in [-0.3, -0.25) is 4.79 Å². The Hall–Kier alpha value is -2.29. The van der Waals surface area contributed by atoms with Gasteiger partial charge >= 0.3 is 0 Å². The van der Waals surface area contributed by atoms with E-state index < -0.39 is 0 Å². The number of amides is 1. The summed E-state index contributed by atoms with van der Waals surface area (Å²) in [6.07, 6.45) is 1.86. The number of aryl methyl sites for hydroxylation is 1. The first-order valence-electron chi connectivity index (χ1n) is 7.43. The van der Waals surface area contributed by atoms with Crippen LogP contribution in [0, 0.1) is 0 Å². The molecule has 1 aliphatic rings. The van der Waals surface area contributed by atoms with Crippen molar-refractivity contribution in [3.63, 3.8) is 0 Å². The number of nitrogen functional groups attached to an aromatic ring is 1. The lowest BCUT2D eigenvalue weighted by atomic mass is 9.97. The van der Waals surface area contributed by atoms with E-state index in [0.717, 1.165) is 36.2 Å². The van der Waals surface area contributed by atoms with Crippen LogP contribution in [0.25, 0.3) is 0 Å². The van der Waals surface area contributed by atoms with Crippen molar-refractivity contribution < 1.29 is 4.79 Å². The number of benzene rings is 2. The first-order chi connectivity index (χ1) is 10.2. The van der Waals surface area contributed by atoms with Gasteiger partial charge in [-0.05, 0) is 47.7 Å². The lowest BCUT2D eigenvalue weighted by Gasteiger charge is -2.29. The Balaban J connectivity index is 1.81. The molecule has 0 saturated heterocycles. The molecule has 2 aromatic rings. The molecule has 1 aliphatic heterocycles. The van der Waals surface area contributed by atoms with E-state index in [9.17, 15) is 4.79 Å². The first-order valence-corrected chi connectivity index (χ1v) is 7.43. The molecule has 2 N–H and O–H groups in total. The number of rotatable bonds is 2. The minimum atomic E-state index is 0.0894. The van der Waals surface area contributed by atoms with Gasteiger partial charge in [-0.25, -0.2) is 0 Å². The summed E-state index contributed by atoms with van der Waals surface area (Å²) < 4.78 is 0. The fourth-order valence-electron chi connectivity index (χ4n) is 2.85. The van der Waals surface area contributed by atoms with Crippen molar-refractivity contribution in [3.8, 4) is 0 Å². The standard InChI is InChI=1S/C18H20N2O/c1-2-13-6-8-15(9-7-13)18(21)20-11-10-14-4-3-5-17(19)16(14)12-20/h3-9H,2,10-12,19H2,1H3. The molecule has 3 heteroatoms. The summed E-state index contributed by atoms with van der Waals surface area (Å²) in [4.78, 5) is 14.5. The maximum absolute atomic E-state index is 12.6. The molecule has 0 aliphatic carbocycles. The lowest BCUT2D eigenvalue weighted by molar-refractivity contribution is 0.0735. The van der Waals surface area contributed by atoms with Crippen LogP contribution in [0.1, 0.15) is 34.0 Å². The second kappa shape index (κ2) is 5.60. The number of anilines is 1. The molecule has 0 spiro atoms. The Morgan fingerprint density at radius 2 is 1.95 bits per heavy atom. The van der Waals surface area contributed by atoms with E-state index in [4.69, 9.17) is 5.73 Å². The fourth-order valence-corrected chi connectivity index (χ4v) is 2.85. The summed E-state index contributed by atoms with van der Waals surface area (Å²) in [5.41, 5.74) is 11.2. The predicted octanol–water partition coefficient (Wildman–Crippen LogP) is 3.03. The van der Waals surface area contributed by atoms with E-state index in [0.29, 0.717) is 6.54 Å². The van der Waals surface area contributed by atoms with Gasteiger partial charge in [-0.1, -0.05) is 31.2 Å². The second-order valence-electron chi connectivity index (χ2n) is 5.51. The van der Waals surface area contributed by atoms with Crippen LogP contribution in [0.5, 0.6) is 0 Å². The SMILES string of the molecule is CCc1ccc(C(=O)N2CCc3cccc(N)c3C2)cc1. The zero-order valence-corrected chi connectivity index (χ0v) is 12.3. The number of carbonyl (C=O) groups excluding carboxylic acids is 1. The number of carbonyl (C=O) groups is 1. The van der Waals surface area contributed by atoms with E-state index >= 15 is 0 Å². The Morgan fingerprint density at radius 3 is 2.67 bits per heavy atom. The van der Waals surface area contributed by atoms with Gasteiger partial charge in [0.1, 0.15) is 0 Å². The van der Waals surface area contributed by atoms with Gasteiger partial charge in [-0.15, -0.1) is 0 Å². The predicted molar refractivity (Wildman–Crippen MR) is 85.1 cm³/mol. The molecule has 1 heterocycles. The third-order valence-electron chi connectivity index (χ3n) is 4.21. The average molecular weight is 280 g/mol. The first kappa shape index (κ1) is 13.7. The van der Waals surface area contributed by atoms with Crippen LogP contribution >= 0.6 is 0 Å². The van der Waals surface area contributed by atoms with Gasteiger partial charge in [0.15, 0.2) is 0 Å². The highest BCUT2D eigenvalue weighted by Gasteiger charge is 2.22. The van der Waals surface area contributed by atoms with Crippen LogP contribution in [-0.4, -0.2) is 17.4 Å². The maximum Gasteiger partial charge on any atom is 0.254 e. The third kappa shape index (κ3) is 2.64. The van der Waals surface area contributed by atoms with Crippen molar-refractivity contribution in [2.75, 3.05) is 12.3 Å². The molecule has 0 fully saturated rings. The molecule has 0 unspecified atom stereocenters. The summed E-state index contributed by atoms with van der Waals surface area (Å²) in [6.45, 7) is 3.47. The summed E-state index contributed by atoms with van der Waals surface area (Å²) in [5, 5.41) is 0.